The number of carbonyl (C=O) groups is 1. The van der Waals surface area contributed by atoms with Gasteiger partial charge in [0.25, 0.3) is 12.3 Å². The largest absolute Gasteiger partial charge is 0.435 e. The van der Waals surface area contributed by atoms with E-state index in [9.17, 15) is 26.7 Å². The van der Waals surface area contributed by atoms with Crippen molar-refractivity contribution in [1.82, 2.24) is 19.6 Å². The SMILES string of the molecule is Cn1cc(C(=O)Nc2cnn(-c3ccc(C#N)cc3)c2C(F)(F)F)c(C(F)F)n1. The summed E-state index contributed by atoms with van der Waals surface area (Å²) in [6.07, 6.45) is -6.26. The molecule has 0 radical (unpaired) electrons. The van der Waals surface area contributed by atoms with Gasteiger partial charge in [0.2, 0.25) is 0 Å². The lowest BCUT2D eigenvalue weighted by atomic mass is 10.2. The van der Waals surface area contributed by atoms with E-state index in [2.05, 4.69) is 10.2 Å². The van der Waals surface area contributed by atoms with Gasteiger partial charge in [-0.3, -0.25) is 9.48 Å². The second kappa shape index (κ2) is 7.34. The molecular formula is C17H11F5N6O. The smallest absolute Gasteiger partial charge is 0.319 e. The molecule has 1 amide bonds. The summed E-state index contributed by atoms with van der Waals surface area (Å²) >= 11 is 0. The number of anilines is 1. The van der Waals surface area contributed by atoms with E-state index in [1.165, 1.54) is 31.3 Å². The first-order valence-electron chi connectivity index (χ1n) is 7.90. The molecule has 0 aliphatic heterocycles. The highest BCUT2D eigenvalue weighted by atomic mass is 19.4. The van der Waals surface area contributed by atoms with E-state index in [0.29, 0.717) is 4.68 Å². The number of halogens is 5. The second-order valence-corrected chi connectivity index (χ2v) is 5.83. The van der Waals surface area contributed by atoms with Crippen LogP contribution in [-0.4, -0.2) is 25.5 Å². The van der Waals surface area contributed by atoms with Crippen LogP contribution in [0.25, 0.3) is 5.69 Å². The molecule has 2 aromatic heterocycles. The molecule has 1 aromatic carbocycles. The molecule has 29 heavy (non-hydrogen) atoms. The van der Waals surface area contributed by atoms with Crippen molar-refractivity contribution in [2.24, 2.45) is 7.05 Å². The maximum absolute atomic E-state index is 13.6. The number of aryl methyl sites for hydroxylation is 1. The van der Waals surface area contributed by atoms with Crippen LogP contribution in [0.2, 0.25) is 0 Å². The summed E-state index contributed by atoms with van der Waals surface area (Å²) in [7, 11) is 1.30. The Balaban J connectivity index is 2.01. The van der Waals surface area contributed by atoms with Gasteiger partial charge in [0, 0.05) is 13.2 Å². The highest BCUT2D eigenvalue weighted by Gasteiger charge is 2.39. The van der Waals surface area contributed by atoms with Gasteiger partial charge in [0.15, 0.2) is 5.69 Å². The molecule has 0 unspecified atom stereocenters. The number of nitrogens with zero attached hydrogens (tertiary/aromatic N) is 5. The third kappa shape index (κ3) is 3.93. The Morgan fingerprint density at radius 1 is 1.24 bits per heavy atom. The Morgan fingerprint density at radius 2 is 1.90 bits per heavy atom. The summed E-state index contributed by atoms with van der Waals surface area (Å²) in [5.74, 6) is -1.18. The maximum Gasteiger partial charge on any atom is 0.435 e. The number of hydrogen-bond donors (Lipinski definition) is 1. The highest BCUT2D eigenvalue weighted by Crippen LogP contribution is 2.36. The van der Waals surface area contributed by atoms with E-state index in [1.807, 2.05) is 11.4 Å². The molecule has 0 atom stereocenters. The molecule has 0 bridgehead atoms. The third-order valence-electron chi connectivity index (χ3n) is 3.84. The maximum atomic E-state index is 13.6. The van der Waals surface area contributed by atoms with Crippen LogP contribution in [0.1, 0.15) is 33.7 Å². The summed E-state index contributed by atoms with van der Waals surface area (Å²) < 4.78 is 68.4. The summed E-state index contributed by atoms with van der Waals surface area (Å²) in [4.78, 5) is 12.3. The molecule has 7 nitrogen and oxygen atoms in total. The average molecular weight is 410 g/mol. The molecule has 3 rings (SSSR count). The number of carbonyl (C=O) groups excluding carboxylic acids is 1. The van der Waals surface area contributed by atoms with Crippen molar-refractivity contribution < 1.29 is 26.7 Å². The molecule has 0 saturated heterocycles. The van der Waals surface area contributed by atoms with E-state index >= 15 is 0 Å². The van der Waals surface area contributed by atoms with Gasteiger partial charge in [-0.05, 0) is 24.3 Å². The molecule has 0 spiro atoms. The lowest BCUT2D eigenvalue weighted by Crippen LogP contribution is -2.19. The summed E-state index contributed by atoms with van der Waals surface area (Å²) in [6.45, 7) is 0. The minimum atomic E-state index is -4.92. The first-order valence-corrected chi connectivity index (χ1v) is 7.90. The van der Waals surface area contributed by atoms with Gasteiger partial charge >= 0.3 is 6.18 Å². The first kappa shape index (κ1) is 20.0. The fourth-order valence-corrected chi connectivity index (χ4v) is 2.62. The molecule has 1 N–H and O–H groups in total. The molecule has 0 fully saturated rings. The highest BCUT2D eigenvalue weighted by molar-refractivity contribution is 6.05. The molecule has 2 heterocycles. The number of nitriles is 1. The van der Waals surface area contributed by atoms with Crippen molar-refractivity contribution in [1.29, 1.82) is 5.26 Å². The normalized spacial score (nSPS) is 11.5. The molecule has 12 heteroatoms. The summed E-state index contributed by atoms with van der Waals surface area (Å²) in [5.41, 5.74) is -3.20. The minimum Gasteiger partial charge on any atom is -0.319 e. The Bertz CT molecular complexity index is 1090. The monoisotopic (exact) mass is 410 g/mol. The van der Waals surface area contributed by atoms with E-state index in [0.717, 1.165) is 17.1 Å². The molecule has 150 valence electrons. The average Bonchev–Trinajstić information content (AvgIpc) is 3.25. The number of hydrogen-bond acceptors (Lipinski definition) is 4. The topological polar surface area (TPSA) is 88.5 Å². The van der Waals surface area contributed by atoms with Crippen LogP contribution in [0.4, 0.5) is 27.6 Å². The second-order valence-electron chi connectivity index (χ2n) is 5.83. The van der Waals surface area contributed by atoms with Crippen molar-refractivity contribution >= 4 is 11.6 Å². The zero-order valence-corrected chi connectivity index (χ0v) is 14.6. The lowest BCUT2D eigenvalue weighted by molar-refractivity contribution is -0.142. The van der Waals surface area contributed by atoms with E-state index < -0.39 is 41.1 Å². The molecule has 0 aliphatic rings. The minimum absolute atomic E-state index is 0.00790. The number of alkyl halides is 5. The van der Waals surface area contributed by atoms with Crippen molar-refractivity contribution in [3.05, 3.63) is 59.2 Å². The number of amides is 1. The lowest BCUT2D eigenvalue weighted by Gasteiger charge is -2.13. The fraction of sp³-hybridized carbons (Fsp3) is 0.176. The standard InChI is InChI=1S/C17H11F5N6O/c1-27-8-11(13(26-27)15(18)19)16(29)25-12-7-24-28(14(12)17(20,21)22)10-4-2-9(6-23)3-5-10/h2-5,7-8,15H,1H3,(H,25,29). The van der Waals surface area contributed by atoms with Crippen molar-refractivity contribution in [2.45, 2.75) is 12.6 Å². The van der Waals surface area contributed by atoms with Crippen LogP contribution in [0.3, 0.4) is 0 Å². The Morgan fingerprint density at radius 3 is 2.45 bits per heavy atom. The van der Waals surface area contributed by atoms with Crippen LogP contribution in [0.5, 0.6) is 0 Å². The zero-order chi connectivity index (χ0) is 21.3. The first-order chi connectivity index (χ1) is 13.6. The molecular weight excluding hydrogens is 399 g/mol. The van der Waals surface area contributed by atoms with Gasteiger partial charge in [-0.15, -0.1) is 0 Å². The number of benzene rings is 1. The Kier molecular flexibility index (Phi) is 5.06. The summed E-state index contributed by atoms with van der Waals surface area (Å²) in [6, 6.07) is 6.95. The van der Waals surface area contributed by atoms with Crippen LogP contribution in [0, 0.1) is 11.3 Å². The molecule has 0 aliphatic carbocycles. The predicted octanol–water partition coefficient (Wildman–Crippen LogP) is 3.69. The summed E-state index contributed by atoms with van der Waals surface area (Å²) in [5, 5.41) is 17.9. The Labute approximate surface area is 160 Å². The zero-order valence-electron chi connectivity index (χ0n) is 14.6. The van der Waals surface area contributed by atoms with Crippen LogP contribution in [0.15, 0.2) is 36.7 Å². The predicted molar refractivity (Wildman–Crippen MR) is 89.4 cm³/mol. The van der Waals surface area contributed by atoms with E-state index in [-0.39, 0.29) is 11.3 Å². The quantitative estimate of drug-likeness (QED) is 0.665. The van der Waals surface area contributed by atoms with Crippen molar-refractivity contribution in [3.63, 3.8) is 0 Å². The van der Waals surface area contributed by atoms with E-state index in [4.69, 9.17) is 5.26 Å². The van der Waals surface area contributed by atoms with Crippen LogP contribution >= 0.6 is 0 Å². The van der Waals surface area contributed by atoms with Gasteiger partial charge in [0.05, 0.1) is 34.8 Å². The van der Waals surface area contributed by atoms with Gasteiger partial charge in [-0.1, -0.05) is 0 Å². The van der Waals surface area contributed by atoms with Crippen molar-refractivity contribution in [2.75, 3.05) is 5.32 Å². The molecule has 3 aromatic rings. The van der Waals surface area contributed by atoms with Gasteiger partial charge in [-0.2, -0.15) is 28.6 Å². The number of nitrogens with one attached hydrogen (secondary N) is 1. The van der Waals surface area contributed by atoms with Gasteiger partial charge < -0.3 is 5.32 Å². The van der Waals surface area contributed by atoms with Crippen molar-refractivity contribution in [3.8, 4) is 11.8 Å². The van der Waals surface area contributed by atoms with Crippen LogP contribution in [-0.2, 0) is 13.2 Å². The number of rotatable bonds is 4. The van der Waals surface area contributed by atoms with E-state index in [1.54, 1.807) is 0 Å². The Hall–Kier alpha value is -3.75. The van der Waals surface area contributed by atoms with Crippen LogP contribution < -0.4 is 5.32 Å². The van der Waals surface area contributed by atoms with Gasteiger partial charge in [-0.25, -0.2) is 13.5 Å². The third-order valence-corrected chi connectivity index (χ3v) is 3.84. The number of aromatic nitrogens is 4. The van der Waals surface area contributed by atoms with Gasteiger partial charge in [0.1, 0.15) is 5.69 Å². The fourth-order valence-electron chi connectivity index (χ4n) is 2.62. The molecule has 0 saturated carbocycles.